The van der Waals surface area contributed by atoms with Crippen molar-refractivity contribution in [1.29, 1.82) is 0 Å². The highest BCUT2D eigenvalue weighted by atomic mass is 16.3. The minimum absolute atomic E-state index is 0.159. The van der Waals surface area contributed by atoms with Gasteiger partial charge in [0.2, 0.25) is 5.95 Å². The second-order valence-electron chi connectivity index (χ2n) is 8.60. The summed E-state index contributed by atoms with van der Waals surface area (Å²) in [6, 6.07) is 7.61. The molecule has 180 valence electrons. The van der Waals surface area contributed by atoms with Gasteiger partial charge in [-0.25, -0.2) is 4.98 Å². The van der Waals surface area contributed by atoms with Crippen molar-refractivity contribution in [2.24, 2.45) is 0 Å². The molecule has 0 radical (unpaired) electrons. The number of aromatic nitrogens is 3. The Labute approximate surface area is 199 Å². The van der Waals surface area contributed by atoms with E-state index in [4.69, 9.17) is 4.42 Å². The Hall–Kier alpha value is -3.46. The summed E-state index contributed by atoms with van der Waals surface area (Å²) in [7, 11) is 0. The second-order valence-corrected chi connectivity index (χ2v) is 8.60. The fraction of sp³-hybridized carbons (Fsp3) is 0.440. The zero-order chi connectivity index (χ0) is 23.8. The van der Waals surface area contributed by atoms with E-state index in [0.29, 0.717) is 29.6 Å². The number of aliphatic hydroxyl groups is 1. The van der Waals surface area contributed by atoms with Crippen molar-refractivity contribution in [3.8, 4) is 11.5 Å². The molecule has 0 bridgehead atoms. The molecule has 9 heteroatoms. The van der Waals surface area contributed by atoms with Crippen LogP contribution >= 0.6 is 0 Å². The van der Waals surface area contributed by atoms with Crippen LogP contribution in [0.5, 0.6) is 0 Å². The molecule has 0 spiro atoms. The van der Waals surface area contributed by atoms with E-state index >= 15 is 0 Å². The maximum Gasteiger partial charge on any atom is 0.256 e. The van der Waals surface area contributed by atoms with Crippen molar-refractivity contribution in [3.63, 3.8) is 0 Å². The monoisotopic (exact) mass is 464 g/mol. The summed E-state index contributed by atoms with van der Waals surface area (Å²) in [4.78, 5) is 26.4. The van der Waals surface area contributed by atoms with Gasteiger partial charge in [0, 0.05) is 31.5 Å². The van der Waals surface area contributed by atoms with Gasteiger partial charge in [0.05, 0.1) is 12.4 Å². The van der Waals surface area contributed by atoms with Crippen LogP contribution in [0.15, 0.2) is 47.3 Å². The summed E-state index contributed by atoms with van der Waals surface area (Å²) >= 11 is 0. The smallest absolute Gasteiger partial charge is 0.256 e. The quantitative estimate of drug-likeness (QED) is 0.332. The third-order valence-electron chi connectivity index (χ3n) is 5.94. The maximum absolute atomic E-state index is 13.0. The summed E-state index contributed by atoms with van der Waals surface area (Å²) in [6.45, 7) is 3.23. The molecule has 0 atom stereocenters. The number of nitrogens with one attached hydrogen (secondary N) is 3. The molecule has 3 aromatic heterocycles. The maximum atomic E-state index is 13.0. The van der Waals surface area contributed by atoms with Crippen molar-refractivity contribution in [2.75, 3.05) is 17.2 Å². The lowest BCUT2D eigenvalue weighted by atomic mass is 9.93. The van der Waals surface area contributed by atoms with E-state index in [1.807, 2.05) is 24.3 Å². The Balaban J connectivity index is 1.43. The molecule has 9 nitrogen and oxygen atoms in total. The first-order valence-corrected chi connectivity index (χ1v) is 11.9. The number of pyridine rings is 1. The van der Waals surface area contributed by atoms with Crippen molar-refractivity contribution in [3.05, 3.63) is 54.0 Å². The molecular formula is C25H32N6O3. The summed E-state index contributed by atoms with van der Waals surface area (Å²) in [5.41, 5.74) is 2.01. The number of unbranched alkanes of at least 4 members (excludes halogenated alkanes) is 1. The molecule has 1 aliphatic rings. The Morgan fingerprint density at radius 2 is 2.00 bits per heavy atom. The van der Waals surface area contributed by atoms with Crippen LogP contribution in [0.4, 0.5) is 11.8 Å². The lowest BCUT2D eigenvalue weighted by Crippen LogP contribution is -2.31. The van der Waals surface area contributed by atoms with Crippen LogP contribution in [0.1, 0.15) is 61.4 Å². The summed E-state index contributed by atoms with van der Waals surface area (Å²) in [5.74, 6) is 1.46. The SMILES string of the molecule is CCCCNc1ncc(C(=O)NCc2ccc(-c3ccco3)nc2)c(NC2CCC(O)CC2)n1. The van der Waals surface area contributed by atoms with Gasteiger partial charge in [-0.05, 0) is 55.9 Å². The molecule has 1 amide bonds. The first-order chi connectivity index (χ1) is 16.6. The van der Waals surface area contributed by atoms with Gasteiger partial charge in [-0.15, -0.1) is 0 Å². The third kappa shape index (κ3) is 6.32. The second kappa shape index (κ2) is 11.6. The number of carbonyl (C=O) groups is 1. The average molecular weight is 465 g/mol. The molecule has 1 saturated carbocycles. The molecule has 0 aromatic carbocycles. The molecule has 3 heterocycles. The predicted octanol–water partition coefficient (Wildman–Crippen LogP) is 3.99. The van der Waals surface area contributed by atoms with E-state index in [1.54, 1.807) is 18.7 Å². The van der Waals surface area contributed by atoms with Crippen molar-refractivity contribution >= 4 is 17.7 Å². The fourth-order valence-electron chi connectivity index (χ4n) is 3.91. The molecule has 1 aliphatic carbocycles. The molecular weight excluding hydrogens is 432 g/mol. The van der Waals surface area contributed by atoms with Crippen LogP contribution < -0.4 is 16.0 Å². The molecule has 34 heavy (non-hydrogen) atoms. The number of amides is 1. The first-order valence-electron chi connectivity index (χ1n) is 11.9. The zero-order valence-corrected chi connectivity index (χ0v) is 19.5. The number of rotatable bonds is 10. The molecule has 4 N–H and O–H groups in total. The number of anilines is 2. The van der Waals surface area contributed by atoms with Crippen LogP contribution in [-0.2, 0) is 6.54 Å². The van der Waals surface area contributed by atoms with E-state index in [0.717, 1.165) is 56.3 Å². The number of hydrogen-bond acceptors (Lipinski definition) is 8. The van der Waals surface area contributed by atoms with Crippen molar-refractivity contribution < 1.29 is 14.3 Å². The Kier molecular flexibility index (Phi) is 8.08. The van der Waals surface area contributed by atoms with Gasteiger partial charge < -0.3 is 25.5 Å². The highest BCUT2D eigenvalue weighted by molar-refractivity contribution is 5.98. The van der Waals surface area contributed by atoms with Gasteiger partial charge >= 0.3 is 0 Å². The Morgan fingerprint density at radius 3 is 2.71 bits per heavy atom. The van der Waals surface area contributed by atoms with Crippen LogP contribution in [0.2, 0.25) is 0 Å². The highest BCUT2D eigenvalue weighted by Crippen LogP contribution is 2.24. The average Bonchev–Trinajstić information content (AvgIpc) is 3.40. The molecule has 0 saturated heterocycles. The fourth-order valence-corrected chi connectivity index (χ4v) is 3.91. The highest BCUT2D eigenvalue weighted by Gasteiger charge is 2.22. The first kappa shape index (κ1) is 23.7. The summed E-state index contributed by atoms with van der Waals surface area (Å²) in [5, 5.41) is 19.4. The lowest BCUT2D eigenvalue weighted by molar-refractivity contribution is 0.0950. The Bertz CT molecular complexity index is 1050. The number of hydrogen-bond donors (Lipinski definition) is 4. The largest absolute Gasteiger partial charge is 0.463 e. The van der Waals surface area contributed by atoms with Gasteiger partial charge in [-0.1, -0.05) is 19.4 Å². The number of carbonyl (C=O) groups excluding carboxylic acids is 1. The summed E-state index contributed by atoms with van der Waals surface area (Å²) in [6.07, 6.45) is 9.89. The van der Waals surface area contributed by atoms with E-state index in [1.165, 1.54) is 0 Å². The van der Waals surface area contributed by atoms with Gasteiger partial charge in [0.25, 0.3) is 5.91 Å². The van der Waals surface area contributed by atoms with E-state index in [2.05, 4.69) is 37.8 Å². The Morgan fingerprint density at radius 1 is 1.15 bits per heavy atom. The predicted molar refractivity (Wildman–Crippen MR) is 130 cm³/mol. The van der Waals surface area contributed by atoms with Crippen LogP contribution in [0.3, 0.4) is 0 Å². The van der Waals surface area contributed by atoms with Crippen molar-refractivity contribution in [2.45, 2.75) is 64.1 Å². The molecule has 0 aliphatic heterocycles. The van der Waals surface area contributed by atoms with Crippen LogP contribution in [0.25, 0.3) is 11.5 Å². The van der Waals surface area contributed by atoms with Gasteiger partial charge in [-0.2, -0.15) is 4.98 Å². The number of aliphatic hydroxyl groups excluding tert-OH is 1. The molecule has 3 aromatic rings. The van der Waals surface area contributed by atoms with E-state index in [-0.39, 0.29) is 18.1 Å². The van der Waals surface area contributed by atoms with Gasteiger partial charge in [0.15, 0.2) is 5.76 Å². The number of nitrogens with zero attached hydrogens (tertiary/aromatic N) is 3. The van der Waals surface area contributed by atoms with Crippen molar-refractivity contribution in [1.82, 2.24) is 20.3 Å². The minimum Gasteiger partial charge on any atom is -0.463 e. The van der Waals surface area contributed by atoms with Gasteiger partial charge in [-0.3, -0.25) is 9.78 Å². The standard InChI is InChI=1S/C25H32N6O3/c1-2-3-12-26-25-29-16-20(23(31-25)30-18-7-9-19(32)10-8-18)24(33)28-15-17-6-11-21(27-14-17)22-5-4-13-34-22/h4-6,11,13-14,16,18-19,32H,2-3,7-10,12,15H2,1H3,(H,28,33)(H2,26,29,30,31). The van der Waals surface area contributed by atoms with Gasteiger partial charge in [0.1, 0.15) is 17.1 Å². The van der Waals surface area contributed by atoms with E-state index < -0.39 is 0 Å². The van der Waals surface area contributed by atoms with E-state index in [9.17, 15) is 9.90 Å². The minimum atomic E-state index is -0.256. The zero-order valence-electron chi connectivity index (χ0n) is 19.5. The number of furan rings is 1. The topological polar surface area (TPSA) is 125 Å². The lowest BCUT2D eigenvalue weighted by Gasteiger charge is -2.27. The summed E-state index contributed by atoms with van der Waals surface area (Å²) < 4.78 is 5.37. The molecule has 1 fully saturated rings. The molecule has 0 unspecified atom stereocenters. The third-order valence-corrected chi connectivity index (χ3v) is 5.94. The van der Waals surface area contributed by atoms with Crippen LogP contribution in [-0.4, -0.2) is 44.7 Å². The molecule has 4 rings (SSSR count). The van der Waals surface area contributed by atoms with Crippen LogP contribution in [0, 0.1) is 0 Å². The normalized spacial score (nSPS) is 17.8.